The van der Waals surface area contributed by atoms with E-state index in [9.17, 15) is 22.8 Å². The molecule has 0 unspecified atom stereocenters. The lowest BCUT2D eigenvalue weighted by Crippen LogP contribution is -2.27. The molecule has 1 N–H and O–H groups in total. The van der Waals surface area contributed by atoms with E-state index in [-0.39, 0.29) is 17.1 Å². The van der Waals surface area contributed by atoms with Crippen molar-refractivity contribution in [1.82, 2.24) is 9.78 Å². The van der Waals surface area contributed by atoms with E-state index in [1.807, 2.05) is 0 Å². The Labute approximate surface area is 157 Å². The first-order valence-corrected chi connectivity index (χ1v) is 8.08. The highest BCUT2D eigenvalue weighted by Crippen LogP contribution is 2.25. The predicted molar refractivity (Wildman–Crippen MR) is 95.6 cm³/mol. The second-order valence-corrected chi connectivity index (χ2v) is 5.69. The van der Waals surface area contributed by atoms with E-state index in [1.54, 1.807) is 6.07 Å². The van der Waals surface area contributed by atoms with Gasteiger partial charge in [0.1, 0.15) is 17.3 Å². The molecule has 0 radical (unpaired) electrons. The fraction of sp³-hybridized carbons (Fsp3) is 0.105. The van der Waals surface area contributed by atoms with Crippen LogP contribution in [-0.2, 0) is 0 Å². The van der Waals surface area contributed by atoms with Gasteiger partial charge in [0, 0.05) is 11.8 Å². The van der Waals surface area contributed by atoms with E-state index >= 15 is 0 Å². The third-order valence-electron chi connectivity index (χ3n) is 3.75. The van der Waals surface area contributed by atoms with E-state index in [0.29, 0.717) is 5.69 Å². The van der Waals surface area contributed by atoms with E-state index in [1.165, 1.54) is 49.4 Å². The molecule has 0 aliphatic carbocycles. The average molecular weight is 389 g/mol. The number of anilines is 1. The molecule has 0 atom stereocenters. The number of benzene rings is 2. The zero-order chi connectivity index (χ0) is 20.3. The van der Waals surface area contributed by atoms with Gasteiger partial charge in [-0.1, -0.05) is 24.3 Å². The van der Waals surface area contributed by atoms with Crippen molar-refractivity contribution in [3.63, 3.8) is 0 Å². The Bertz CT molecular complexity index is 1080. The normalized spacial score (nSPS) is 10.8. The molecular weight excluding hydrogens is 375 g/mol. The summed E-state index contributed by atoms with van der Waals surface area (Å²) in [5.74, 6) is -1.81. The Balaban J connectivity index is 1.99. The zero-order valence-corrected chi connectivity index (χ0v) is 14.5. The highest BCUT2D eigenvalue weighted by molar-refractivity contribution is 6.03. The Hall–Kier alpha value is -3.62. The van der Waals surface area contributed by atoms with E-state index in [2.05, 4.69) is 15.2 Å². The lowest BCUT2D eigenvalue weighted by atomic mass is 10.2. The van der Waals surface area contributed by atoms with Gasteiger partial charge >= 0.3 is 6.61 Å². The first kappa shape index (κ1) is 19.2. The van der Waals surface area contributed by atoms with Crippen LogP contribution in [0.5, 0.6) is 5.75 Å². The van der Waals surface area contributed by atoms with Crippen LogP contribution in [0.3, 0.4) is 0 Å². The van der Waals surface area contributed by atoms with Crippen molar-refractivity contribution in [2.24, 2.45) is 0 Å². The number of carbonyl (C=O) groups excluding carboxylic acids is 1. The summed E-state index contributed by atoms with van der Waals surface area (Å²) >= 11 is 0. The maximum Gasteiger partial charge on any atom is 0.387 e. The maximum absolute atomic E-state index is 14.1. The average Bonchev–Trinajstić information content (AvgIpc) is 2.64. The summed E-state index contributed by atoms with van der Waals surface area (Å²) in [6.45, 7) is -1.55. The van der Waals surface area contributed by atoms with Gasteiger partial charge in [-0.05, 0) is 31.2 Å². The first-order valence-electron chi connectivity index (χ1n) is 8.08. The molecule has 3 rings (SSSR count). The number of halogens is 3. The number of amides is 1. The van der Waals surface area contributed by atoms with Gasteiger partial charge in [0.2, 0.25) is 5.43 Å². The van der Waals surface area contributed by atoms with Crippen LogP contribution in [0.2, 0.25) is 0 Å². The molecule has 1 heterocycles. The molecule has 28 heavy (non-hydrogen) atoms. The lowest BCUT2D eigenvalue weighted by molar-refractivity contribution is -0.0493. The summed E-state index contributed by atoms with van der Waals surface area (Å²) in [4.78, 5) is 24.8. The predicted octanol–water partition coefficient (Wildman–Crippen LogP) is 3.53. The highest BCUT2D eigenvalue weighted by atomic mass is 19.3. The van der Waals surface area contributed by atoms with Crippen molar-refractivity contribution in [1.29, 1.82) is 0 Å². The Morgan fingerprint density at radius 3 is 2.54 bits per heavy atom. The van der Waals surface area contributed by atoms with Gasteiger partial charge < -0.3 is 10.1 Å². The quantitative estimate of drug-likeness (QED) is 0.725. The van der Waals surface area contributed by atoms with Gasteiger partial charge in [-0.25, -0.2) is 9.07 Å². The highest BCUT2D eigenvalue weighted by Gasteiger charge is 2.19. The smallest absolute Gasteiger partial charge is 0.387 e. The number of ether oxygens (including phenoxy) is 1. The van der Waals surface area contributed by atoms with Crippen molar-refractivity contribution in [3.8, 4) is 11.4 Å². The Morgan fingerprint density at radius 2 is 1.82 bits per heavy atom. The lowest BCUT2D eigenvalue weighted by Gasteiger charge is -2.13. The number of hydrogen-bond donors (Lipinski definition) is 1. The maximum atomic E-state index is 14.1. The topological polar surface area (TPSA) is 73.2 Å². The summed E-state index contributed by atoms with van der Waals surface area (Å²) < 4.78 is 44.6. The molecule has 0 bridgehead atoms. The van der Waals surface area contributed by atoms with Crippen LogP contribution in [-0.4, -0.2) is 22.3 Å². The molecule has 1 aromatic heterocycles. The van der Waals surface area contributed by atoms with E-state index in [4.69, 9.17) is 0 Å². The minimum Gasteiger partial charge on any atom is -0.433 e. The first-order chi connectivity index (χ1) is 13.4. The monoisotopic (exact) mass is 389 g/mol. The van der Waals surface area contributed by atoms with E-state index < -0.39 is 29.5 Å². The van der Waals surface area contributed by atoms with Gasteiger partial charge in [0.25, 0.3) is 5.91 Å². The van der Waals surface area contributed by atoms with Crippen LogP contribution in [0.15, 0.2) is 59.4 Å². The van der Waals surface area contributed by atoms with Gasteiger partial charge in [0.15, 0.2) is 5.69 Å². The fourth-order valence-electron chi connectivity index (χ4n) is 2.52. The van der Waals surface area contributed by atoms with Gasteiger partial charge in [-0.2, -0.15) is 13.9 Å². The number of nitrogens with one attached hydrogen (secondary N) is 1. The molecule has 0 spiro atoms. The van der Waals surface area contributed by atoms with Crippen molar-refractivity contribution >= 4 is 11.6 Å². The fourth-order valence-corrected chi connectivity index (χ4v) is 2.52. The molecule has 3 aromatic rings. The number of aromatic nitrogens is 2. The van der Waals surface area contributed by atoms with E-state index in [0.717, 1.165) is 10.7 Å². The summed E-state index contributed by atoms with van der Waals surface area (Å²) in [5, 5.41) is 6.27. The molecule has 1 amide bonds. The molecule has 0 aliphatic heterocycles. The number of nitrogens with zero attached hydrogens (tertiary/aromatic N) is 2. The molecule has 0 saturated heterocycles. The Morgan fingerprint density at radius 1 is 1.14 bits per heavy atom. The number of hydrogen-bond acceptors (Lipinski definition) is 4. The molecule has 9 heteroatoms. The summed E-state index contributed by atoms with van der Waals surface area (Å²) in [6, 6.07) is 12.4. The minimum absolute atomic E-state index is 0.0514. The number of aryl methyl sites for hydroxylation is 1. The third kappa shape index (κ3) is 4.03. The van der Waals surface area contributed by atoms with Crippen molar-refractivity contribution < 1.29 is 22.7 Å². The second-order valence-electron chi connectivity index (χ2n) is 5.69. The standard InChI is InChI=1S/C19H14F3N3O3/c1-11-10-15(26)17(24-25(11)14-8-4-2-6-12(14)20)18(27)23-13-7-3-5-9-16(13)28-19(21)22/h2-10,19H,1H3,(H,23,27). The summed E-state index contributed by atoms with van der Waals surface area (Å²) in [7, 11) is 0. The minimum atomic E-state index is -3.09. The van der Waals surface area contributed by atoms with Gasteiger partial charge in [0.05, 0.1) is 5.69 Å². The van der Waals surface area contributed by atoms with Crippen molar-refractivity contribution in [2.45, 2.75) is 13.5 Å². The summed E-state index contributed by atoms with van der Waals surface area (Å²) in [5.41, 5.74) is -0.925. The molecule has 2 aromatic carbocycles. The number of alkyl halides is 2. The molecule has 0 aliphatic rings. The van der Waals surface area contributed by atoms with Crippen molar-refractivity contribution in [2.75, 3.05) is 5.32 Å². The van der Waals surface area contributed by atoms with Crippen LogP contribution < -0.4 is 15.5 Å². The van der Waals surface area contributed by atoms with Gasteiger partial charge in [-0.15, -0.1) is 0 Å². The SMILES string of the molecule is Cc1cc(=O)c(C(=O)Nc2ccccc2OC(F)F)nn1-c1ccccc1F. The van der Waals surface area contributed by atoms with Crippen LogP contribution >= 0.6 is 0 Å². The van der Waals surface area contributed by atoms with Crippen LogP contribution in [0, 0.1) is 12.7 Å². The molecule has 144 valence electrons. The molecular formula is C19H14F3N3O3. The van der Waals surface area contributed by atoms with Crippen LogP contribution in [0.25, 0.3) is 5.69 Å². The molecule has 6 nitrogen and oxygen atoms in total. The Kier molecular flexibility index (Phi) is 5.44. The number of rotatable bonds is 5. The number of para-hydroxylation sites is 3. The zero-order valence-electron chi connectivity index (χ0n) is 14.5. The summed E-state index contributed by atoms with van der Waals surface area (Å²) in [6.07, 6.45) is 0. The molecule has 0 fully saturated rings. The second kappa shape index (κ2) is 7.95. The largest absolute Gasteiger partial charge is 0.433 e. The molecule has 0 saturated carbocycles. The van der Waals surface area contributed by atoms with Crippen LogP contribution in [0.4, 0.5) is 18.9 Å². The third-order valence-corrected chi connectivity index (χ3v) is 3.75. The van der Waals surface area contributed by atoms with Crippen LogP contribution in [0.1, 0.15) is 16.2 Å². The number of carbonyl (C=O) groups is 1. The van der Waals surface area contributed by atoms with Gasteiger partial charge in [-0.3, -0.25) is 9.59 Å². The van der Waals surface area contributed by atoms with Crippen molar-refractivity contribution in [3.05, 3.63) is 82.0 Å².